The Morgan fingerprint density at radius 2 is 1.82 bits per heavy atom. The summed E-state index contributed by atoms with van der Waals surface area (Å²) in [6, 6.07) is 15.1. The summed E-state index contributed by atoms with van der Waals surface area (Å²) in [7, 11) is -2.94. The van der Waals surface area contributed by atoms with Crippen molar-refractivity contribution in [2.75, 3.05) is 16.8 Å². The van der Waals surface area contributed by atoms with E-state index >= 15 is 0 Å². The highest BCUT2D eigenvalue weighted by atomic mass is 32.2. The van der Waals surface area contributed by atoms with Crippen LogP contribution in [-0.2, 0) is 16.4 Å². The molecule has 6 nitrogen and oxygen atoms in total. The monoisotopic (exact) mass is 415 g/mol. The predicted octanol–water partition coefficient (Wildman–Crippen LogP) is 2.61. The highest BCUT2D eigenvalue weighted by Crippen LogP contribution is 2.34. The van der Waals surface area contributed by atoms with Crippen molar-refractivity contribution in [2.45, 2.75) is 24.8 Å². The van der Waals surface area contributed by atoms with Gasteiger partial charge >= 0.3 is 0 Å². The predicted molar refractivity (Wildman–Crippen MR) is 114 cm³/mol. The number of nitrogens with one attached hydrogen (secondary N) is 2. The number of carbonyl (C=O) groups excluding carboxylic acids is 1. The first-order valence-electron chi connectivity index (χ1n) is 9.04. The Labute approximate surface area is 168 Å². The fraction of sp³-hybridized carbons (Fsp3) is 0.300. The van der Waals surface area contributed by atoms with Crippen molar-refractivity contribution in [1.82, 2.24) is 5.32 Å². The molecule has 8 heteroatoms. The molecule has 1 amide bonds. The largest absolute Gasteiger partial charge is 0.348 e. The van der Waals surface area contributed by atoms with Gasteiger partial charge in [0.15, 0.2) is 15.0 Å². The lowest BCUT2D eigenvalue weighted by atomic mass is 10.1. The summed E-state index contributed by atoms with van der Waals surface area (Å²) in [5.41, 5.74) is 3.65. The average Bonchev–Trinajstić information content (AvgIpc) is 3.14. The first kappa shape index (κ1) is 19.0. The molecule has 4 rings (SSSR count). The molecular weight excluding hydrogens is 394 g/mol. The molecule has 2 N–H and O–H groups in total. The van der Waals surface area contributed by atoms with Crippen molar-refractivity contribution in [2.24, 2.45) is 4.99 Å². The smallest absolute Gasteiger partial charge is 0.251 e. The van der Waals surface area contributed by atoms with E-state index in [1.807, 2.05) is 43.3 Å². The number of sulfone groups is 1. The third-order valence-electron chi connectivity index (χ3n) is 4.79. The number of anilines is 1. The molecule has 0 unspecified atom stereocenters. The van der Waals surface area contributed by atoms with E-state index in [1.54, 1.807) is 12.1 Å². The molecule has 146 valence electrons. The number of nitrogens with zero attached hydrogens (tertiary/aromatic N) is 1. The quantitative estimate of drug-likeness (QED) is 0.802. The second kappa shape index (κ2) is 7.60. The highest BCUT2D eigenvalue weighted by molar-refractivity contribution is 8.15. The summed E-state index contributed by atoms with van der Waals surface area (Å²) in [6.45, 7) is 2.51. The number of aliphatic imine (C=N–C) groups is 1. The van der Waals surface area contributed by atoms with Crippen molar-refractivity contribution in [3.8, 4) is 0 Å². The number of fused-ring (bicyclic) bond motifs is 1. The van der Waals surface area contributed by atoms with Crippen LogP contribution in [0.1, 0.15) is 21.5 Å². The van der Waals surface area contributed by atoms with Gasteiger partial charge in [-0.15, -0.1) is 0 Å². The molecule has 28 heavy (non-hydrogen) atoms. The third kappa shape index (κ3) is 4.39. The Kier molecular flexibility index (Phi) is 5.16. The molecule has 0 saturated carbocycles. The van der Waals surface area contributed by atoms with Crippen LogP contribution in [0, 0.1) is 6.92 Å². The van der Waals surface area contributed by atoms with Crippen LogP contribution < -0.4 is 10.6 Å². The zero-order chi connectivity index (χ0) is 19.7. The fourth-order valence-electron chi connectivity index (χ4n) is 3.23. The second-order valence-electron chi connectivity index (χ2n) is 7.11. The molecule has 2 aromatic carbocycles. The number of amidine groups is 1. The molecule has 0 spiro atoms. The Balaban J connectivity index is 1.32. The normalized spacial score (nSPS) is 22.4. The standard InChI is InChI=1S/C20H21N3O3S2/c1-13-2-4-14(5-3-13)10-21-19(24)15-6-8-16(9-7-15)22-20-23-17-11-28(25,26)12-18(17)27-20/h2-9,17-18H,10-12H2,1H3,(H,21,24)(H,22,23)/t17-,18-/m1/s1. The summed E-state index contributed by atoms with van der Waals surface area (Å²) in [5, 5.41) is 6.88. The van der Waals surface area contributed by atoms with Gasteiger partial charge in [-0.05, 0) is 36.8 Å². The lowest BCUT2D eigenvalue weighted by molar-refractivity contribution is 0.0951. The van der Waals surface area contributed by atoms with E-state index in [0.717, 1.165) is 16.4 Å². The zero-order valence-corrected chi connectivity index (χ0v) is 17.0. The third-order valence-corrected chi connectivity index (χ3v) is 7.93. The van der Waals surface area contributed by atoms with Crippen molar-refractivity contribution in [3.63, 3.8) is 0 Å². The van der Waals surface area contributed by atoms with Gasteiger partial charge in [0.05, 0.1) is 17.5 Å². The van der Waals surface area contributed by atoms with Crippen LogP contribution in [0.2, 0.25) is 0 Å². The van der Waals surface area contributed by atoms with E-state index in [-0.39, 0.29) is 28.7 Å². The first-order chi connectivity index (χ1) is 13.4. The van der Waals surface area contributed by atoms with Crippen LogP contribution in [0.3, 0.4) is 0 Å². The molecule has 0 bridgehead atoms. The van der Waals surface area contributed by atoms with Gasteiger partial charge in [-0.1, -0.05) is 41.6 Å². The van der Waals surface area contributed by atoms with Crippen LogP contribution in [0.5, 0.6) is 0 Å². The lowest BCUT2D eigenvalue weighted by Gasteiger charge is -2.09. The molecule has 2 atom stereocenters. The van der Waals surface area contributed by atoms with Gasteiger partial charge in [-0.3, -0.25) is 9.79 Å². The maximum Gasteiger partial charge on any atom is 0.251 e. The summed E-state index contributed by atoms with van der Waals surface area (Å²) in [4.78, 5) is 16.8. The SMILES string of the molecule is Cc1ccc(CNC(=O)c2ccc(NC3=N[C@@H]4CS(=O)(=O)C[C@H]4S3)cc2)cc1. The lowest BCUT2D eigenvalue weighted by Crippen LogP contribution is -2.22. The van der Waals surface area contributed by atoms with Crippen LogP contribution in [0.15, 0.2) is 53.5 Å². The molecule has 2 aromatic rings. The van der Waals surface area contributed by atoms with Gasteiger partial charge in [0.25, 0.3) is 5.91 Å². The average molecular weight is 416 g/mol. The number of aryl methyl sites for hydroxylation is 1. The van der Waals surface area contributed by atoms with Gasteiger partial charge in [0.2, 0.25) is 0 Å². The number of rotatable bonds is 4. The van der Waals surface area contributed by atoms with Crippen LogP contribution >= 0.6 is 11.8 Å². The summed E-state index contributed by atoms with van der Waals surface area (Å²) in [5.74, 6) is 0.201. The number of hydrogen-bond acceptors (Lipinski definition) is 6. The van der Waals surface area contributed by atoms with Crippen molar-refractivity contribution < 1.29 is 13.2 Å². The zero-order valence-electron chi connectivity index (χ0n) is 15.4. The van der Waals surface area contributed by atoms with Crippen molar-refractivity contribution in [3.05, 3.63) is 65.2 Å². The van der Waals surface area contributed by atoms with E-state index < -0.39 is 9.84 Å². The Morgan fingerprint density at radius 3 is 2.50 bits per heavy atom. The summed E-state index contributed by atoms with van der Waals surface area (Å²) in [6.07, 6.45) is 0. The summed E-state index contributed by atoms with van der Waals surface area (Å²) < 4.78 is 23.3. The molecule has 0 aliphatic carbocycles. The number of thioether (sulfide) groups is 1. The van der Waals surface area contributed by atoms with E-state index in [4.69, 9.17) is 0 Å². The molecule has 1 fully saturated rings. The van der Waals surface area contributed by atoms with Gasteiger partial charge in [0.1, 0.15) is 0 Å². The number of carbonyl (C=O) groups is 1. The Morgan fingerprint density at radius 1 is 1.11 bits per heavy atom. The Bertz CT molecular complexity index is 1020. The molecule has 0 aromatic heterocycles. The van der Waals surface area contributed by atoms with Crippen LogP contribution in [0.25, 0.3) is 0 Å². The second-order valence-corrected chi connectivity index (χ2v) is 10.5. The highest BCUT2D eigenvalue weighted by Gasteiger charge is 2.42. The van der Waals surface area contributed by atoms with Crippen molar-refractivity contribution in [1.29, 1.82) is 0 Å². The van der Waals surface area contributed by atoms with Crippen LogP contribution in [0.4, 0.5) is 5.69 Å². The first-order valence-corrected chi connectivity index (χ1v) is 11.7. The van der Waals surface area contributed by atoms with Gasteiger partial charge in [-0.25, -0.2) is 8.42 Å². The van der Waals surface area contributed by atoms with E-state index in [2.05, 4.69) is 15.6 Å². The van der Waals surface area contributed by atoms with Gasteiger partial charge in [-0.2, -0.15) is 0 Å². The molecule has 2 aliphatic rings. The minimum Gasteiger partial charge on any atom is -0.348 e. The van der Waals surface area contributed by atoms with Gasteiger partial charge < -0.3 is 10.6 Å². The number of amides is 1. The van der Waals surface area contributed by atoms with Gasteiger partial charge in [0, 0.05) is 23.0 Å². The van der Waals surface area contributed by atoms with E-state index in [0.29, 0.717) is 12.1 Å². The molecule has 1 saturated heterocycles. The maximum atomic E-state index is 12.3. The number of hydrogen-bond donors (Lipinski definition) is 2. The van der Waals surface area contributed by atoms with Crippen LogP contribution in [-0.4, -0.2) is 42.3 Å². The molecular formula is C20H21N3O3S2. The molecule has 2 aliphatic heterocycles. The van der Waals surface area contributed by atoms with Crippen molar-refractivity contribution >= 4 is 38.4 Å². The Hall–Kier alpha value is -2.32. The maximum absolute atomic E-state index is 12.3. The summed E-state index contributed by atoms with van der Waals surface area (Å²) >= 11 is 1.48. The van der Waals surface area contributed by atoms with E-state index in [9.17, 15) is 13.2 Å². The molecule has 0 radical (unpaired) electrons. The minimum atomic E-state index is -2.94. The number of benzene rings is 2. The fourth-order valence-corrected chi connectivity index (χ4v) is 6.91. The topological polar surface area (TPSA) is 87.6 Å². The minimum absolute atomic E-state index is 0.0133. The van der Waals surface area contributed by atoms with E-state index in [1.165, 1.54) is 17.3 Å². The molecule has 2 heterocycles.